The Morgan fingerprint density at radius 3 is 2.81 bits per heavy atom. The van der Waals surface area contributed by atoms with Crippen molar-refractivity contribution in [3.63, 3.8) is 0 Å². The number of piperidine rings is 1. The lowest BCUT2D eigenvalue weighted by molar-refractivity contribution is -0.141. The molecule has 0 atom stereocenters. The first-order valence-corrected chi connectivity index (χ1v) is 12.1. The summed E-state index contributed by atoms with van der Waals surface area (Å²) in [6.45, 7) is 4.37. The maximum Gasteiger partial charge on any atom is 0.239 e. The van der Waals surface area contributed by atoms with Crippen LogP contribution in [0.15, 0.2) is 53.0 Å². The molecule has 2 aromatic heterocycles. The highest BCUT2D eigenvalue weighted by atomic mass is 32.2. The molecule has 172 valence electrons. The number of furan rings is 1. The first-order valence-electron chi connectivity index (χ1n) is 11.0. The van der Waals surface area contributed by atoms with Crippen LogP contribution in [0.2, 0.25) is 0 Å². The number of hydrogen-bond donors (Lipinski definition) is 1. The van der Waals surface area contributed by atoms with Crippen LogP contribution in [0.5, 0.6) is 0 Å². The van der Waals surface area contributed by atoms with E-state index in [4.69, 9.17) is 4.42 Å². The van der Waals surface area contributed by atoms with Crippen molar-refractivity contribution in [3.8, 4) is 0 Å². The van der Waals surface area contributed by atoms with Crippen LogP contribution < -0.4 is 0 Å². The van der Waals surface area contributed by atoms with E-state index in [1.54, 1.807) is 24.6 Å². The number of aliphatic hydroxyl groups excluding tert-OH is 1. The van der Waals surface area contributed by atoms with Gasteiger partial charge in [0.15, 0.2) is 0 Å². The molecular formula is C24H31N3O4S. The molecule has 32 heavy (non-hydrogen) atoms. The Bertz CT molecular complexity index is 908. The lowest BCUT2D eigenvalue weighted by atomic mass is 10.1. The fraction of sp³-hybridized carbons (Fsp3) is 0.458. The van der Waals surface area contributed by atoms with Crippen LogP contribution in [0.1, 0.15) is 43.2 Å². The van der Waals surface area contributed by atoms with E-state index < -0.39 is 5.91 Å². The van der Waals surface area contributed by atoms with Crippen LogP contribution in [-0.2, 0) is 28.3 Å². The number of rotatable bonds is 10. The van der Waals surface area contributed by atoms with Crippen molar-refractivity contribution in [1.29, 1.82) is 0 Å². The number of aliphatic hydroxyl groups is 1. The summed E-state index contributed by atoms with van der Waals surface area (Å²) in [5.41, 5.74) is 2.06. The molecule has 0 unspecified atom stereocenters. The molecule has 2 amide bonds. The van der Waals surface area contributed by atoms with Gasteiger partial charge in [-0.3, -0.25) is 24.4 Å². The third-order valence-corrected chi connectivity index (χ3v) is 6.27. The van der Waals surface area contributed by atoms with Crippen LogP contribution in [0.4, 0.5) is 0 Å². The van der Waals surface area contributed by atoms with Crippen LogP contribution >= 0.6 is 11.8 Å². The summed E-state index contributed by atoms with van der Waals surface area (Å²) in [7, 11) is 0. The van der Waals surface area contributed by atoms with E-state index in [0.29, 0.717) is 12.2 Å². The van der Waals surface area contributed by atoms with E-state index in [0.717, 1.165) is 36.0 Å². The average Bonchev–Trinajstić information content (AvgIpc) is 3.30. The van der Waals surface area contributed by atoms with Gasteiger partial charge < -0.3 is 9.52 Å². The summed E-state index contributed by atoms with van der Waals surface area (Å²) in [5, 5.41) is 10.3. The largest absolute Gasteiger partial charge is 0.511 e. The van der Waals surface area contributed by atoms with Crippen LogP contribution in [0, 0.1) is 0 Å². The molecule has 3 heterocycles. The summed E-state index contributed by atoms with van der Waals surface area (Å²) in [5.74, 6) is 0.702. The minimum Gasteiger partial charge on any atom is -0.511 e. The highest BCUT2D eigenvalue weighted by Crippen LogP contribution is 2.15. The number of aromatic nitrogens is 1. The smallest absolute Gasteiger partial charge is 0.239 e. The molecule has 0 bridgehead atoms. The van der Waals surface area contributed by atoms with E-state index in [2.05, 4.69) is 16.0 Å². The zero-order valence-corrected chi connectivity index (χ0v) is 19.4. The zero-order valence-electron chi connectivity index (χ0n) is 18.5. The van der Waals surface area contributed by atoms with Crippen molar-refractivity contribution in [2.24, 2.45) is 0 Å². The predicted molar refractivity (Wildman–Crippen MR) is 125 cm³/mol. The number of pyridine rings is 1. The summed E-state index contributed by atoms with van der Waals surface area (Å²) < 4.78 is 5.24. The maximum atomic E-state index is 12.5. The molecule has 0 spiro atoms. The summed E-state index contributed by atoms with van der Waals surface area (Å²) in [6, 6.07) is 7.71. The number of imide groups is 1. The number of thioether (sulfide) groups is 1. The standard InChI is InChI=1S/C24H31N3O4S/c1-19(28)27(24(30)18-32-17-23-6-5-13-31-23)16-22(29)8-7-21-14-20(9-10-25-21)15-26-11-3-2-4-12-26/h5-6,8-10,13-14,29H,2-4,7,11-12,15-18H2,1H3/b22-8-. The maximum absolute atomic E-state index is 12.5. The van der Waals surface area contributed by atoms with Gasteiger partial charge in [0.05, 0.1) is 24.3 Å². The van der Waals surface area contributed by atoms with Gasteiger partial charge in [0.25, 0.3) is 0 Å². The van der Waals surface area contributed by atoms with E-state index >= 15 is 0 Å². The first kappa shape index (κ1) is 24.1. The number of hydrogen-bond acceptors (Lipinski definition) is 7. The molecule has 7 nitrogen and oxygen atoms in total. The normalized spacial score (nSPS) is 15.0. The Morgan fingerprint density at radius 1 is 1.28 bits per heavy atom. The van der Waals surface area contributed by atoms with Gasteiger partial charge in [0.2, 0.25) is 11.8 Å². The lowest BCUT2D eigenvalue weighted by Gasteiger charge is -2.26. The third-order valence-electron chi connectivity index (χ3n) is 5.33. The highest BCUT2D eigenvalue weighted by Gasteiger charge is 2.19. The van der Waals surface area contributed by atoms with E-state index in [1.807, 2.05) is 12.1 Å². The number of nitrogens with zero attached hydrogens (tertiary/aromatic N) is 3. The minimum atomic E-state index is -0.393. The molecule has 1 aliphatic rings. The van der Waals surface area contributed by atoms with Crippen LogP contribution in [0.25, 0.3) is 0 Å². The second-order valence-corrected chi connectivity index (χ2v) is 8.95. The molecule has 0 radical (unpaired) electrons. The van der Waals surface area contributed by atoms with E-state index in [-0.39, 0.29) is 24.0 Å². The van der Waals surface area contributed by atoms with Gasteiger partial charge in [0.1, 0.15) is 11.5 Å². The minimum absolute atomic E-state index is 0.0205. The Morgan fingerprint density at radius 2 is 2.09 bits per heavy atom. The molecule has 0 aromatic carbocycles. The second kappa shape index (κ2) is 12.5. The van der Waals surface area contributed by atoms with Gasteiger partial charge in [-0.1, -0.05) is 6.42 Å². The number of allylic oxidation sites excluding steroid dienone is 1. The average molecular weight is 458 g/mol. The molecule has 1 N–H and O–H groups in total. The van der Waals surface area contributed by atoms with Gasteiger partial charge in [-0.05, 0) is 61.8 Å². The van der Waals surface area contributed by atoms with Gasteiger partial charge in [-0.15, -0.1) is 11.8 Å². The van der Waals surface area contributed by atoms with Crippen molar-refractivity contribution in [1.82, 2.24) is 14.8 Å². The van der Waals surface area contributed by atoms with Gasteiger partial charge in [-0.25, -0.2) is 0 Å². The third kappa shape index (κ3) is 7.84. The van der Waals surface area contributed by atoms with Gasteiger partial charge in [0, 0.05) is 31.8 Å². The molecule has 1 aliphatic heterocycles. The topological polar surface area (TPSA) is 86.9 Å². The molecule has 0 saturated carbocycles. The van der Waals surface area contributed by atoms with Crippen molar-refractivity contribution < 1.29 is 19.1 Å². The Balaban J connectivity index is 1.50. The van der Waals surface area contributed by atoms with E-state index in [9.17, 15) is 14.7 Å². The first-order chi connectivity index (χ1) is 15.5. The number of carbonyl (C=O) groups is 2. The fourth-order valence-corrected chi connectivity index (χ4v) is 4.45. The Hall–Kier alpha value is -2.58. The quantitative estimate of drug-likeness (QED) is 0.541. The number of amides is 2. The van der Waals surface area contributed by atoms with E-state index in [1.165, 1.54) is 43.5 Å². The van der Waals surface area contributed by atoms with Gasteiger partial charge >= 0.3 is 0 Å². The van der Waals surface area contributed by atoms with Crippen molar-refractivity contribution in [2.75, 3.05) is 25.4 Å². The molecule has 1 fully saturated rings. The molecular weight excluding hydrogens is 426 g/mol. The highest BCUT2D eigenvalue weighted by molar-refractivity contribution is 7.99. The molecule has 3 rings (SSSR count). The number of carbonyl (C=O) groups excluding carboxylic acids is 2. The molecule has 1 saturated heterocycles. The van der Waals surface area contributed by atoms with Crippen molar-refractivity contribution in [2.45, 2.75) is 44.9 Å². The summed E-state index contributed by atoms with van der Waals surface area (Å²) in [6.07, 6.45) is 9.24. The fourth-order valence-electron chi connectivity index (χ4n) is 3.65. The second-order valence-electron chi connectivity index (χ2n) is 7.96. The monoisotopic (exact) mass is 457 g/mol. The summed E-state index contributed by atoms with van der Waals surface area (Å²) in [4.78, 5) is 32.3. The Kier molecular flexibility index (Phi) is 9.37. The lowest BCUT2D eigenvalue weighted by Crippen LogP contribution is -2.38. The summed E-state index contributed by atoms with van der Waals surface area (Å²) >= 11 is 1.37. The number of likely N-dealkylation sites (tertiary alicyclic amines) is 1. The Labute approximate surface area is 193 Å². The van der Waals surface area contributed by atoms with Crippen LogP contribution in [0.3, 0.4) is 0 Å². The SMILES string of the molecule is CC(=O)N(C/C(O)=C/Cc1cc(CN2CCCCC2)ccn1)C(=O)CSCc1ccco1. The van der Waals surface area contributed by atoms with Crippen molar-refractivity contribution >= 4 is 23.6 Å². The van der Waals surface area contributed by atoms with Crippen molar-refractivity contribution in [3.05, 3.63) is 65.6 Å². The predicted octanol–water partition coefficient (Wildman–Crippen LogP) is 3.95. The zero-order chi connectivity index (χ0) is 22.8. The van der Waals surface area contributed by atoms with Gasteiger partial charge in [-0.2, -0.15) is 0 Å². The molecule has 2 aromatic rings. The molecule has 8 heteroatoms. The van der Waals surface area contributed by atoms with Crippen LogP contribution in [-0.4, -0.2) is 57.1 Å². The molecule has 0 aliphatic carbocycles.